The van der Waals surface area contributed by atoms with Crippen molar-refractivity contribution in [2.75, 3.05) is 33.4 Å². The fraction of sp³-hybridized carbons (Fsp3) is 1.00. The highest BCUT2D eigenvalue weighted by Crippen LogP contribution is 2.23. The van der Waals surface area contributed by atoms with Gasteiger partial charge in [-0.25, -0.2) is 0 Å². The number of nitrogens with one attached hydrogen (secondary N) is 1. The van der Waals surface area contributed by atoms with Crippen LogP contribution in [0.15, 0.2) is 0 Å². The second-order valence-electron chi connectivity index (χ2n) is 5.12. The first-order valence-corrected chi connectivity index (χ1v) is 7.18. The lowest BCUT2D eigenvalue weighted by atomic mass is 9.90. The first-order chi connectivity index (χ1) is 8.36. The van der Waals surface area contributed by atoms with E-state index in [0.717, 1.165) is 25.6 Å². The number of hydrogen-bond donors (Lipinski definition) is 1. The van der Waals surface area contributed by atoms with Gasteiger partial charge in [-0.1, -0.05) is 26.2 Å². The molecule has 0 amide bonds. The van der Waals surface area contributed by atoms with Gasteiger partial charge in [-0.3, -0.25) is 0 Å². The molecule has 1 aliphatic rings. The number of methoxy groups -OCH3 is 1. The molecule has 1 saturated carbocycles. The van der Waals surface area contributed by atoms with Crippen molar-refractivity contribution >= 4 is 0 Å². The summed E-state index contributed by atoms with van der Waals surface area (Å²) in [6.07, 6.45) is 8.27. The molecule has 3 nitrogen and oxygen atoms in total. The second kappa shape index (κ2) is 9.86. The van der Waals surface area contributed by atoms with Gasteiger partial charge in [0.2, 0.25) is 0 Å². The molecular weight excluding hydrogens is 214 g/mol. The Hall–Kier alpha value is -0.120. The normalized spacial score (nSPS) is 19.4. The largest absolute Gasteiger partial charge is 0.382 e. The number of ether oxygens (including phenoxy) is 2. The summed E-state index contributed by atoms with van der Waals surface area (Å²) in [5.74, 6) is 0.786. The molecule has 1 unspecified atom stereocenters. The van der Waals surface area contributed by atoms with Gasteiger partial charge in [0.15, 0.2) is 0 Å². The quantitative estimate of drug-likeness (QED) is 0.631. The standard InChI is InChI=1S/C14H29NO2/c1-3-9-15-10-14(12-16-2)17-11-13-7-5-4-6-8-13/h13-15H,3-12H2,1-2H3. The van der Waals surface area contributed by atoms with E-state index in [-0.39, 0.29) is 6.10 Å². The van der Waals surface area contributed by atoms with E-state index < -0.39 is 0 Å². The summed E-state index contributed by atoms with van der Waals surface area (Å²) in [4.78, 5) is 0. The Kier molecular flexibility index (Phi) is 8.67. The molecule has 0 aliphatic heterocycles. The summed E-state index contributed by atoms with van der Waals surface area (Å²) in [6, 6.07) is 0. The van der Waals surface area contributed by atoms with Crippen molar-refractivity contribution in [2.45, 2.75) is 51.6 Å². The first-order valence-electron chi connectivity index (χ1n) is 7.18. The maximum atomic E-state index is 5.98. The minimum atomic E-state index is 0.216. The molecule has 1 fully saturated rings. The molecule has 0 aromatic rings. The number of rotatable bonds is 9. The van der Waals surface area contributed by atoms with Crippen LogP contribution < -0.4 is 5.32 Å². The van der Waals surface area contributed by atoms with Gasteiger partial charge in [0.05, 0.1) is 12.7 Å². The molecule has 0 radical (unpaired) electrons. The van der Waals surface area contributed by atoms with Crippen LogP contribution in [0.3, 0.4) is 0 Å². The van der Waals surface area contributed by atoms with Crippen LogP contribution in [0.1, 0.15) is 45.4 Å². The van der Waals surface area contributed by atoms with Crippen molar-refractivity contribution in [1.29, 1.82) is 0 Å². The van der Waals surface area contributed by atoms with Gasteiger partial charge in [-0.05, 0) is 31.7 Å². The Labute approximate surface area is 106 Å². The zero-order chi connectivity index (χ0) is 12.3. The van der Waals surface area contributed by atoms with E-state index >= 15 is 0 Å². The summed E-state index contributed by atoms with van der Waals surface area (Å²) >= 11 is 0. The van der Waals surface area contributed by atoms with E-state index in [1.165, 1.54) is 38.5 Å². The van der Waals surface area contributed by atoms with Crippen LogP contribution in [-0.4, -0.2) is 39.5 Å². The van der Waals surface area contributed by atoms with Crippen LogP contribution in [0.2, 0.25) is 0 Å². The summed E-state index contributed by atoms with van der Waals surface area (Å²) < 4.78 is 11.2. The molecule has 102 valence electrons. The molecule has 1 N–H and O–H groups in total. The van der Waals surface area contributed by atoms with Crippen LogP contribution in [0.25, 0.3) is 0 Å². The van der Waals surface area contributed by atoms with Crippen molar-refractivity contribution in [3.63, 3.8) is 0 Å². The highest BCUT2D eigenvalue weighted by atomic mass is 16.5. The average molecular weight is 243 g/mol. The lowest BCUT2D eigenvalue weighted by Crippen LogP contribution is -2.34. The maximum Gasteiger partial charge on any atom is 0.0932 e. The molecule has 1 rings (SSSR count). The molecule has 17 heavy (non-hydrogen) atoms. The summed E-state index contributed by atoms with van der Waals surface area (Å²) in [5, 5.41) is 3.40. The lowest BCUT2D eigenvalue weighted by molar-refractivity contribution is -0.0206. The Bertz CT molecular complexity index is 170. The van der Waals surface area contributed by atoms with Crippen molar-refractivity contribution in [2.24, 2.45) is 5.92 Å². The van der Waals surface area contributed by atoms with Crippen molar-refractivity contribution in [3.8, 4) is 0 Å². The smallest absolute Gasteiger partial charge is 0.0932 e. The molecule has 0 bridgehead atoms. The Morgan fingerprint density at radius 3 is 2.65 bits per heavy atom. The molecule has 1 atom stereocenters. The van der Waals surface area contributed by atoms with E-state index in [4.69, 9.17) is 9.47 Å². The van der Waals surface area contributed by atoms with Crippen LogP contribution in [0.5, 0.6) is 0 Å². The molecular formula is C14H29NO2. The third-order valence-corrected chi connectivity index (χ3v) is 3.44. The van der Waals surface area contributed by atoms with Gasteiger partial charge in [0, 0.05) is 20.3 Å². The van der Waals surface area contributed by atoms with Crippen molar-refractivity contribution < 1.29 is 9.47 Å². The van der Waals surface area contributed by atoms with E-state index in [0.29, 0.717) is 6.61 Å². The fourth-order valence-corrected chi connectivity index (χ4v) is 2.42. The van der Waals surface area contributed by atoms with E-state index in [2.05, 4.69) is 12.2 Å². The minimum Gasteiger partial charge on any atom is -0.382 e. The SMILES string of the molecule is CCCNCC(COC)OCC1CCCCC1. The fourth-order valence-electron chi connectivity index (χ4n) is 2.42. The highest BCUT2D eigenvalue weighted by Gasteiger charge is 2.16. The van der Waals surface area contributed by atoms with Crippen molar-refractivity contribution in [3.05, 3.63) is 0 Å². The molecule has 0 spiro atoms. The van der Waals surface area contributed by atoms with Crippen LogP contribution in [0, 0.1) is 5.92 Å². The first kappa shape index (κ1) is 14.9. The van der Waals surface area contributed by atoms with Crippen LogP contribution in [0.4, 0.5) is 0 Å². The van der Waals surface area contributed by atoms with Gasteiger partial charge in [0.25, 0.3) is 0 Å². The van der Waals surface area contributed by atoms with Gasteiger partial charge in [0.1, 0.15) is 0 Å². The molecule has 0 aromatic heterocycles. The third kappa shape index (κ3) is 7.02. The Morgan fingerprint density at radius 2 is 2.00 bits per heavy atom. The average Bonchev–Trinajstić information content (AvgIpc) is 2.37. The zero-order valence-corrected chi connectivity index (χ0v) is 11.5. The molecule has 0 aromatic carbocycles. The van der Waals surface area contributed by atoms with E-state index in [1.807, 2.05) is 0 Å². The summed E-state index contributed by atoms with van der Waals surface area (Å²) in [7, 11) is 1.75. The van der Waals surface area contributed by atoms with Crippen LogP contribution in [-0.2, 0) is 9.47 Å². The summed E-state index contributed by atoms with van der Waals surface area (Å²) in [5.41, 5.74) is 0. The molecule has 1 aliphatic carbocycles. The van der Waals surface area contributed by atoms with Gasteiger partial charge in [-0.2, -0.15) is 0 Å². The molecule has 0 saturated heterocycles. The van der Waals surface area contributed by atoms with Crippen molar-refractivity contribution in [1.82, 2.24) is 5.32 Å². The van der Waals surface area contributed by atoms with Gasteiger partial charge < -0.3 is 14.8 Å². The highest BCUT2D eigenvalue weighted by molar-refractivity contribution is 4.67. The number of hydrogen-bond acceptors (Lipinski definition) is 3. The van der Waals surface area contributed by atoms with Crippen LogP contribution >= 0.6 is 0 Å². The van der Waals surface area contributed by atoms with Gasteiger partial charge in [-0.15, -0.1) is 0 Å². The minimum absolute atomic E-state index is 0.216. The van der Waals surface area contributed by atoms with Gasteiger partial charge >= 0.3 is 0 Å². The Balaban J connectivity index is 2.13. The summed E-state index contributed by atoms with van der Waals surface area (Å²) in [6.45, 7) is 5.77. The van der Waals surface area contributed by atoms with E-state index in [1.54, 1.807) is 7.11 Å². The molecule has 3 heteroatoms. The second-order valence-corrected chi connectivity index (χ2v) is 5.12. The topological polar surface area (TPSA) is 30.5 Å². The lowest BCUT2D eigenvalue weighted by Gasteiger charge is -2.25. The predicted octanol–water partition coefficient (Wildman–Crippen LogP) is 2.60. The predicted molar refractivity (Wildman–Crippen MR) is 71.4 cm³/mol. The Morgan fingerprint density at radius 1 is 1.24 bits per heavy atom. The zero-order valence-electron chi connectivity index (χ0n) is 11.5. The monoisotopic (exact) mass is 243 g/mol. The molecule has 0 heterocycles. The maximum absolute atomic E-state index is 5.98. The van der Waals surface area contributed by atoms with E-state index in [9.17, 15) is 0 Å². The third-order valence-electron chi connectivity index (χ3n) is 3.44.